The summed E-state index contributed by atoms with van der Waals surface area (Å²) in [7, 11) is -5.99. The Bertz CT molecular complexity index is 644. The molecule has 2 fully saturated rings. The van der Waals surface area contributed by atoms with Crippen LogP contribution in [0.3, 0.4) is 0 Å². The quantitative estimate of drug-likeness (QED) is 0.716. The van der Waals surface area contributed by atoms with Crippen molar-refractivity contribution in [1.29, 1.82) is 0 Å². The van der Waals surface area contributed by atoms with Crippen LogP contribution < -0.4 is 5.32 Å². The molecular weight excluding hydrogens is 344 g/mol. The Labute approximate surface area is 138 Å². The molecule has 2 atom stereocenters. The Morgan fingerprint density at radius 1 is 1.27 bits per heavy atom. The van der Waals surface area contributed by atoms with Gasteiger partial charge in [0, 0.05) is 12.6 Å². The Morgan fingerprint density at radius 2 is 1.95 bits per heavy atom. The molecule has 0 unspecified atom stereocenters. The highest BCUT2D eigenvalue weighted by atomic mass is 32.2. The normalized spacial score (nSPS) is 32.7. The van der Waals surface area contributed by atoms with Crippen molar-refractivity contribution >= 4 is 37.0 Å². The lowest BCUT2D eigenvalue weighted by molar-refractivity contribution is 0.315. The van der Waals surface area contributed by atoms with Gasteiger partial charge in [-0.2, -0.15) is 0 Å². The van der Waals surface area contributed by atoms with E-state index < -0.39 is 25.2 Å². The molecule has 2 saturated heterocycles. The molecule has 0 amide bonds. The summed E-state index contributed by atoms with van der Waals surface area (Å²) in [6, 6.07) is -0.105. The Balaban J connectivity index is 2.08. The average molecular weight is 369 g/mol. The van der Waals surface area contributed by atoms with Gasteiger partial charge < -0.3 is 10.2 Å². The molecular formula is C13H24N2O4S3. The third-order valence-electron chi connectivity index (χ3n) is 4.29. The minimum Gasteiger partial charge on any atom is -0.356 e. The lowest BCUT2D eigenvalue weighted by Crippen LogP contribution is -2.55. The molecule has 9 heteroatoms. The minimum absolute atomic E-state index is 0.0725. The van der Waals surface area contributed by atoms with Crippen LogP contribution in [0.15, 0.2) is 0 Å². The topological polar surface area (TPSA) is 83.6 Å². The highest BCUT2D eigenvalue weighted by molar-refractivity contribution is 7.92. The van der Waals surface area contributed by atoms with Gasteiger partial charge in [-0.05, 0) is 38.4 Å². The zero-order valence-electron chi connectivity index (χ0n) is 13.0. The molecule has 128 valence electrons. The van der Waals surface area contributed by atoms with Crippen molar-refractivity contribution < 1.29 is 16.8 Å². The number of rotatable bonds is 4. The van der Waals surface area contributed by atoms with Crippen molar-refractivity contribution in [2.24, 2.45) is 0 Å². The van der Waals surface area contributed by atoms with Crippen LogP contribution in [0.25, 0.3) is 0 Å². The van der Waals surface area contributed by atoms with E-state index in [2.05, 4.69) is 5.32 Å². The smallest absolute Gasteiger partial charge is 0.169 e. The molecule has 0 radical (unpaired) electrons. The van der Waals surface area contributed by atoms with Gasteiger partial charge in [0.2, 0.25) is 0 Å². The van der Waals surface area contributed by atoms with Crippen molar-refractivity contribution in [3.63, 3.8) is 0 Å². The molecule has 2 rings (SSSR count). The van der Waals surface area contributed by atoms with E-state index in [4.69, 9.17) is 12.2 Å². The summed E-state index contributed by atoms with van der Waals surface area (Å²) in [5.74, 6) is 0.573. The van der Waals surface area contributed by atoms with Crippen LogP contribution in [0.5, 0.6) is 0 Å². The number of sulfone groups is 2. The summed E-state index contributed by atoms with van der Waals surface area (Å²) < 4.78 is 46.8. The summed E-state index contributed by atoms with van der Waals surface area (Å²) in [5, 5.41) is 3.66. The Kier molecular flexibility index (Phi) is 5.09. The lowest BCUT2D eigenvalue weighted by Gasteiger charge is -2.35. The van der Waals surface area contributed by atoms with E-state index >= 15 is 0 Å². The van der Waals surface area contributed by atoms with E-state index in [-0.39, 0.29) is 29.1 Å². The molecule has 2 aliphatic rings. The third kappa shape index (κ3) is 4.32. The fraction of sp³-hybridized carbons (Fsp3) is 0.923. The van der Waals surface area contributed by atoms with E-state index in [9.17, 15) is 16.8 Å². The molecule has 1 N–H and O–H groups in total. The number of hydrogen-bond acceptors (Lipinski definition) is 5. The van der Waals surface area contributed by atoms with Gasteiger partial charge in [0.1, 0.15) is 0 Å². The van der Waals surface area contributed by atoms with E-state index in [1.54, 1.807) is 0 Å². The van der Waals surface area contributed by atoms with Gasteiger partial charge in [-0.3, -0.25) is 0 Å². The molecule has 0 aromatic carbocycles. The fourth-order valence-electron chi connectivity index (χ4n) is 3.15. The first-order valence-electron chi connectivity index (χ1n) is 7.55. The molecule has 6 nitrogen and oxygen atoms in total. The molecule has 0 aromatic heterocycles. The van der Waals surface area contributed by atoms with Crippen molar-refractivity contribution in [3.05, 3.63) is 0 Å². The second kappa shape index (κ2) is 6.24. The minimum atomic E-state index is -3.01. The number of hydrogen-bond donors (Lipinski definition) is 1. The molecule has 0 aromatic rings. The van der Waals surface area contributed by atoms with E-state index in [0.29, 0.717) is 24.5 Å². The maximum Gasteiger partial charge on any atom is 0.169 e. The van der Waals surface area contributed by atoms with E-state index in [1.807, 2.05) is 18.7 Å². The standard InChI is InChI=1S/C13H24N2O4S3/c1-3-6-15(11-4-7-21(16,17)9-11)12(20)14-13(2)5-8-22(18,19)10-13/h11H,3-10H2,1-2H3,(H,14,20)/t11-,13-/m1/s1. The Morgan fingerprint density at radius 3 is 2.41 bits per heavy atom. The maximum absolute atomic E-state index is 11.7. The van der Waals surface area contributed by atoms with Gasteiger partial charge in [-0.1, -0.05) is 6.92 Å². The van der Waals surface area contributed by atoms with Gasteiger partial charge in [0.25, 0.3) is 0 Å². The van der Waals surface area contributed by atoms with Crippen LogP contribution in [0.1, 0.15) is 33.1 Å². The van der Waals surface area contributed by atoms with E-state index in [0.717, 1.165) is 6.42 Å². The highest BCUT2D eigenvalue weighted by Gasteiger charge is 2.40. The molecule has 2 heterocycles. The van der Waals surface area contributed by atoms with Crippen LogP contribution in [0.2, 0.25) is 0 Å². The first kappa shape index (κ1) is 17.9. The summed E-state index contributed by atoms with van der Waals surface area (Å²) in [6.07, 6.45) is 1.96. The number of thiocarbonyl (C=S) groups is 1. The van der Waals surface area contributed by atoms with Crippen LogP contribution in [0.4, 0.5) is 0 Å². The van der Waals surface area contributed by atoms with Crippen LogP contribution in [0, 0.1) is 0 Å². The van der Waals surface area contributed by atoms with Crippen LogP contribution in [-0.2, 0) is 19.7 Å². The van der Waals surface area contributed by atoms with Crippen molar-refractivity contribution in [2.75, 3.05) is 29.6 Å². The number of nitrogens with zero attached hydrogens (tertiary/aromatic N) is 1. The first-order valence-corrected chi connectivity index (χ1v) is 11.6. The Hall–Kier alpha value is -0.410. The second-order valence-corrected chi connectivity index (χ2v) is 11.4. The van der Waals surface area contributed by atoms with Gasteiger partial charge in [0.05, 0.1) is 28.6 Å². The molecule has 0 spiro atoms. The van der Waals surface area contributed by atoms with Gasteiger partial charge >= 0.3 is 0 Å². The van der Waals surface area contributed by atoms with E-state index in [1.165, 1.54) is 0 Å². The van der Waals surface area contributed by atoms with Gasteiger partial charge in [-0.15, -0.1) is 0 Å². The lowest BCUT2D eigenvalue weighted by atomic mass is 10.0. The predicted molar refractivity (Wildman–Crippen MR) is 91.5 cm³/mol. The summed E-state index contributed by atoms with van der Waals surface area (Å²) >= 11 is 5.46. The van der Waals surface area contributed by atoms with Gasteiger partial charge in [-0.25, -0.2) is 16.8 Å². The maximum atomic E-state index is 11.7. The van der Waals surface area contributed by atoms with Crippen molar-refractivity contribution in [3.8, 4) is 0 Å². The average Bonchev–Trinajstić information content (AvgIpc) is 2.85. The zero-order chi connectivity index (χ0) is 16.6. The fourth-order valence-corrected chi connectivity index (χ4v) is 7.46. The predicted octanol–water partition coefficient (Wildman–Crippen LogP) is 0.337. The van der Waals surface area contributed by atoms with Crippen LogP contribution >= 0.6 is 12.2 Å². The van der Waals surface area contributed by atoms with Crippen molar-refractivity contribution in [1.82, 2.24) is 10.2 Å². The summed E-state index contributed by atoms with van der Waals surface area (Å²) in [6.45, 7) is 4.55. The summed E-state index contributed by atoms with van der Waals surface area (Å²) in [4.78, 5) is 1.93. The monoisotopic (exact) mass is 368 g/mol. The van der Waals surface area contributed by atoms with Gasteiger partial charge in [0.15, 0.2) is 24.8 Å². The highest BCUT2D eigenvalue weighted by Crippen LogP contribution is 2.24. The molecule has 2 aliphatic heterocycles. The molecule has 0 bridgehead atoms. The van der Waals surface area contributed by atoms with Crippen LogP contribution in [-0.4, -0.2) is 68.0 Å². The molecule has 0 saturated carbocycles. The largest absolute Gasteiger partial charge is 0.356 e. The second-order valence-electron chi connectivity index (χ2n) is 6.58. The summed E-state index contributed by atoms with van der Waals surface area (Å²) in [5.41, 5.74) is -0.556. The molecule has 0 aliphatic carbocycles. The number of nitrogens with one attached hydrogen (secondary N) is 1. The van der Waals surface area contributed by atoms with Crippen molar-refractivity contribution in [2.45, 2.75) is 44.7 Å². The molecule has 22 heavy (non-hydrogen) atoms. The zero-order valence-corrected chi connectivity index (χ0v) is 15.5. The first-order chi connectivity index (χ1) is 10.1. The third-order valence-corrected chi connectivity index (χ3v) is 8.28. The SMILES string of the molecule is CCCN(C(=S)N[C@]1(C)CCS(=O)(=O)C1)[C@@H]1CCS(=O)(=O)C1.